The zero-order valence-corrected chi connectivity index (χ0v) is 13.0. The predicted molar refractivity (Wildman–Crippen MR) is 85.2 cm³/mol. The lowest BCUT2D eigenvalue weighted by Gasteiger charge is -2.23. The lowest BCUT2D eigenvalue weighted by molar-refractivity contribution is 0.371. The minimum Gasteiger partial charge on any atom is -0.496 e. The second kappa shape index (κ2) is 8.31. The van der Waals surface area contributed by atoms with E-state index in [1.807, 2.05) is 6.07 Å². The zero-order valence-electron chi connectivity index (χ0n) is 13.0. The Bertz CT molecular complexity index is 383. The number of hydrogen-bond acceptors (Lipinski definition) is 2. The van der Waals surface area contributed by atoms with Crippen molar-refractivity contribution in [3.05, 3.63) is 29.8 Å². The molecule has 0 radical (unpaired) electrons. The van der Waals surface area contributed by atoms with Gasteiger partial charge in [0, 0.05) is 11.6 Å². The first kappa shape index (κ1) is 15.4. The predicted octanol–water partition coefficient (Wildman–Crippen LogP) is 4.71. The molecule has 112 valence electrons. The number of ether oxygens (including phenoxy) is 1. The number of rotatable bonds is 6. The summed E-state index contributed by atoms with van der Waals surface area (Å²) in [4.78, 5) is 0. The minimum absolute atomic E-state index is 0.411. The fourth-order valence-electron chi connectivity index (χ4n) is 3.31. The van der Waals surface area contributed by atoms with E-state index in [2.05, 4.69) is 30.4 Å². The lowest BCUT2D eigenvalue weighted by atomic mass is 9.98. The van der Waals surface area contributed by atoms with Gasteiger partial charge in [-0.25, -0.2) is 0 Å². The standard InChI is InChI=1S/C18H29NO/c1-3-17(16-12-8-9-13-18(16)20-2)19-14-15-10-6-4-5-7-11-15/h8-9,12-13,15,17,19H,3-7,10-11,14H2,1-2H3. The highest BCUT2D eigenvalue weighted by Crippen LogP contribution is 2.28. The molecule has 20 heavy (non-hydrogen) atoms. The van der Waals surface area contributed by atoms with Crippen LogP contribution in [0.4, 0.5) is 0 Å². The maximum Gasteiger partial charge on any atom is 0.123 e. The molecule has 0 aliphatic heterocycles. The van der Waals surface area contributed by atoms with Crippen LogP contribution in [-0.2, 0) is 0 Å². The van der Waals surface area contributed by atoms with Crippen LogP contribution in [-0.4, -0.2) is 13.7 Å². The summed E-state index contributed by atoms with van der Waals surface area (Å²) in [7, 11) is 1.76. The summed E-state index contributed by atoms with van der Waals surface area (Å²) in [6.45, 7) is 3.40. The number of hydrogen-bond donors (Lipinski definition) is 1. The summed E-state index contributed by atoms with van der Waals surface area (Å²) in [5.74, 6) is 1.87. The second-order valence-electron chi connectivity index (χ2n) is 5.97. The Kier molecular flexibility index (Phi) is 6.38. The smallest absolute Gasteiger partial charge is 0.123 e. The molecule has 1 aliphatic rings. The molecule has 1 aromatic rings. The second-order valence-corrected chi connectivity index (χ2v) is 5.97. The van der Waals surface area contributed by atoms with E-state index < -0.39 is 0 Å². The molecular weight excluding hydrogens is 246 g/mol. The number of methoxy groups -OCH3 is 1. The van der Waals surface area contributed by atoms with E-state index in [1.54, 1.807) is 7.11 Å². The third-order valence-electron chi connectivity index (χ3n) is 4.55. The molecule has 1 unspecified atom stereocenters. The first-order valence-corrected chi connectivity index (χ1v) is 8.21. The lowest BCUT2D eigenvalue weighted by Crippen LogP contribution is -2.27. The Morgan fingerprint density at radius 2 is 1.85 bits per heavy atom. The van der Waals surface area contributed by atoms with E-state index in [0.717, 1.165) is 24.6 Å². The molecule has 1 fully saturated rings. The van der Waals surface area contributed by atoms with Crippen molar-refractivity contribution in [2.24, 2.45) is 5.92 Å². The van der Waals surface area contributed by atoms with Crippen molar-refractivity contribution in [3.63, 3.8) is 0 Å². The van der Waals surface area contributed by atoms with Gasteiger partial charge in [0.2, 0.25) is 0 Å². The van der Waals surface area contributed by atoms with Crippen LogP contribution in [0.25, 0.3) is 0 Å². The molecular formula is C18H29NO. The van der Waals surface area contributed by atoms with Gasteiger partial charge < -0.3 is 10.1 Å². The van der Waals surface area contributed by atoms with Crippen molar-refractivity contribution in [2.45, 2.75) is 57.9 Å². The third kappa shape index (κ3) is 4.24. The molecule has 1 saturated carbocycles. The summed E-state index contributed by atoms with van der Waals surface area (Å²) in [6.07, 6.45) is 9.59. The normalized spacial score (nSPS) is 18.5. The van der Waals surface area contributed by atoms with Crippen molar-refractivity contribution in [1.82, 2.24) is 5.32 Å². The molecule has 2 rings (SSSR count). The van der Waals surface area contributed by atoms with Crippen molar-refractivity contribution < 1.29 is 4.74 Å². The Morgan fingerprint density at radius 1 is 1.15 bits per heavy atom. The quantitative estimate of drug-likeness (QED) is 0.759. The highest BCUT2D eigenvalue weighted by atomic mass is 16.5. The third-order valence-corrected chi connectivity index (χ3v) is 4.55. The van der Waals surface area contributed by atoms with E-state index in [9.17, 15) is 0 Å². The Morgan fingerprint density at radius 3 is 2.50 bits per heavy atom. The van der Waals surface area contributed by atoms with Crippen LogP contribution in [0.3, 0.4) is 0 Å². The minimum atomic E-state index is 0.411. The number of benzene rings is 1. The molecule has 0 saturated heterocycles. The van der Waals surface area contributed by atoms with Gasteiger partial charge in [-0.15, -0.1) is 0 Å². The molecule has 2 nitrogen and oxygen atoms in total. The fraction of sp³-hybridized carbons (Fsp3) is 0.667. The van der Waals surface area contributed by atoms with E-state index in [4.69, 9.17) is 4.74 Å². The molecule has 1 atom stereocenters. The van der Waals surface area contributed by atoms with E-state index in [0.29, 0.717) is 6.04 Å². The van der Waals surface area contributed by atoms with Gasteiger partial charge in [0.05, 0.1) is 7.11 Å². The first-order chi connectivity index (χ1) is 9.85. The summed E-state index contributed by atoms with van der Waals surface area (Å²) < 4.78 is 5.50. The largest absolute Gasteiger partial charge is 0.496 e. The van der Waals surface area contributed by atoms with Gasteiger partial charge >= 0.3 is 0 Å². The molecule has 0 aromatic heterocycles. The van der Waals surface area contributed by atoms with Gasteiger partial charge in [-0.3, -0.25) is 0 Å². The van der Waals surface area contributed by atoms with Crippen molar-refractivity contribution in [1.29, 1.82) is 0 Å². The Hall–Kier alpha value is -1.02. The average molecular weight is 275 g/mol. The maximum absolute atomic E-state index is 5.50. The van der Waals surface area contributed by atoms with Crippen LogP contribution in [0.15, 0.2) is 24.3 Å². The van der Waals surface area contributed by atoms with Crippen LogP contribution >= 0.6 is 0 Å². The zero-order chi connectivity index (χ0) is 14.2. The number of nitrogens with one attached hydrogen (secondary N) is 1. The van der Waals surface area contributed by atoms with Crippen molar-refractivity contribution in [3.8, 4) is 5.75 Å². The van der Waals surface area contributed by atoms with Gasteiger partial charge in [0.15, 0.2) is 0 Å². The van der Waals surface area contributed by atoms with Crippen LogP contribution in [0.1, 0.15) is 63.5 Å². The van der Waals surface area contributed by atoms with Gasteiger partial charge in [-0.05, 0) is 37.8 Å². The molecule has 1 aliphatic carbocycles. The topological polar surface area (TPSA) is 21.3 Å². The summed E-state index contributed by atoms with van der Waals surface area (Å²) in [6, 6.07) is 8.81. The van der Waals surface area contributed by atoms with Gasteiger partial charge in [0.1, 0.15) is 5.75 Å². The van der Waals surface area contributed by atoms with Crippen molar-refractivity contribution >= 4 is 0 Å². The van der Waals surface area contributed by atoms with Crippen LogP contribution < -0.4 is 10.1 Å². The molecule has 0 heterocycles. The molecule has 0 bridgehead atoms. The number of para-hydroxylation sites is 1. The van der Waals surface area contributed by atoms with Crippen molar-refractivity contribution in [2.75, 3.05) is 13.7 Å². The molecule has 2 heteroatoms. The van der Waals surface area contributed by atoms with E-state index >= 15 is 0 Å². The Balaban J connectivity index is 1.94. The Labute approximate surface area is 123 Å². The highest BCUT2D eigenvalue weighted by Gasteiger charge is 2.17. The van der Waals surface area contributed by atoms with Crippen LogP contribution in [0, 0.1) is 5.92 Å². The fourth-order valence-corrected chi connectivity index (χ4v) is 3.31. The van der Waals surface area contributed by atoms with E-state index in [-0.39, 0.29) is 0 Å². The van der Waals surface area contributed by atoms with Crippen LogP contribution in [0.5, 0.6) is 5.75 Å². The van der Waals surface area contributed by atoms with Crippen LogP contribution in [0.2, 0.25) is 0 Å². The monoisotopic (exact) mass is 275 g/mol. The van der Waals surface area contributed by atoms with Gasteiger partial charge in [-0.1, -0.05) is 50.8 Å². The van der Waals surface area contributed by atoms with E-state index in [1.165, 1.54) is 44.1 Å². The first-order valence-electron chi connectivity index (χ1n) is 8.21. The summed E-state index contributed by atoms with van der Waals surface area (Å²) >= 11 is 0. The molecule has 0 amide bonds. The summed E-state index contributed by atoms with van der Waals surface area (Å²) in [5, 5.41) is 3.78. The van der Waals surface area contributed by atoms with Gasteiger partial charge in [-0.2, -0.15) is 0 Å². The molecule has 1 N–H and O–H groups in total. The molecule has 0 spiro atoms. The van der Waals surface area contributed by atoms with Gasteiger partial charge in [0.25, 0.3) is 0 Å². The highest BCUT2D eigenvalue weighted by molar-refractivity contribution is 5.35. The SMILES string of the molecule is CCC(NCC1CCCCCC1)c1ccccc1OC. The summed E-state index contributed by atoms with van der Waals surface area (Å²) in [5.41, 5.74) is 1.30. The molecule has 1 aromatic carbocycles. The average Bonchev–Trinajstić information content (AvgIpc) is 2.77. The maximum atomic E-state index is 5.50.